The Bertz CT molecular complexity index is 679. The molecule has 0 saturated heterocycles. The van der Waals surface area contributed by atoms with Crippen LogP contribution >= 0.6 is 11.8 Å². The van der Waals surface area contributed by atoms with Gasteiger partial charge in [0.2, 0.25) is 5.91 Å². The second kappa shape index (κ2) is 4.27. The molecule has 2 heterocycles. The number of hydrogen-bond donors (Lipinski definition) is 2. The summed E-state index contributed by atoms with van der Waals surface area (Å²) in [5, 5.41) is 11.7. The van der Waals surface area contributed by atoms with Crippen molar-refractivity contribution >= 4 is 29.0 Å². The first-order valence-corrected chi connectivity index (χ1v) is 6.62. The van der Waals surface area contributed by atoms with Crippen LogP contribution in [0.25, 0.3) is 0 Å². The Kier molecular flexibility index (Phi) is 2.70. The molecule has 6 nitrogen and oxygen atoms in total. The van der Waals surface area contributed by atoms with E-state index in [9.17, 15) is 4.79 Å². The molecule has 0 spiro atoms. The first kappa shape index (κ1) is 12.0. The van der Waals surface area contributed by atoms with E-state index in [1.54, 1.807) is 0 Å². The third-order valence-corrected chi connectivity index (χ3v) is 4.23. The highest BCUT2D eigenvalue weighted by atomic mass is 32.2. The molecule has 19 heavy (non-hydrogen) atoms. The van der Waals surface area contributed by atoms with Crippen LogP contribution in [0.15, 0.2) is 22.2 Å². The summed E-state index contributed by atoms with van der Waals surface area (Å²) in [7, 11) is 1.91. The minimum absolute atomic E-state index is 0.00560. The fourth-order valence-electron chi connectivity index (χ4n) is 1.94. The van der Waals surface area contributed by atoms with Gasteiger partial charge in [-0.3, -0.25) is 4.79 Å². The summed E-state index contributed by atoms with van der Waals surface area (Å²) in [5.74, 6) is 0.849. The first-order valence-electron chi connectivity index (χ1n) is 5.80. The third kappa shape index (κ3) is 2.06. The molecule has 0 aliphatic carbocycles. The van der Waals surface area contributed by atoms with Gasteiger partial charge in [0.25, 0.3) is 0 Å². The van der Waals surface area contributed by atoms with Gasteiger partial charge in [-0.05, 0) is 36.4 Å². The molecule has 0 unspecified atom stereocenters. The fourth-order valence-corrected chi connectivity index (χ4v) is 2.84. The molecule has 1 aromatic heterocycles. The summed E-state index contributed by atoms with van der Waals surface area (Å²) in [6.45, 7) is 1.89. The van der Waals surface area contributed by atoms with Crippen molar-refractivity contribution in [2.75, 3.05) is 11.1 Å². The minimum atomic E-state index is 0.00560. The number of aryl methyl sites for hydroxylation is 1. The number of fused-ring (bicyclic) bond motifs is 1. The molecule has 3 rings (SSSR count). The average Bonchev–Trinajstić information content (AvgIpc) is 2.85. The molecule has 1 aliphatic rings. The van der Waals surface area contributed by atoms with Crippen LogP contribution < -0.4 is 11.1 Å². The van der Waals surface area contributed by atoms with E-state index in [4.69, 9.17) is 5.73 Å². The molecular formula is C12H13N5OS. The number of anilines is 2. The zero-order valence-corrected chi connectivity index (χ0v) is 11.4. The lowest BCUT2D eigenvalue weighted by molar-refractivity contribution is -0.115. The van der Waals surface area contributed by atoms with Crippen molar-refractivity contribution in [1.29, 1.82) is 0 Å². The van der Waals surface area contributed by atoms with Gasteiger partial charge in [0.1, 0.15) is 5.82 Å². The summed E-state index contributed by atoms with van der Waals surface area (Å²) in [5.41, 5.74) is 8.46. The lowest BCUT2D eigenvalue weighted by Crippen LogP contribution is -2.03. The summed E-state index contributed by atoms with van der Waals surface area (Å²) in [6, 6.07) is 3.74. The van der Waals surface area contributed by atoms with Crippen LogP contribution in [-0.2, 0) is 18.3 Å². The zero-order chi connectivity index (χ0) is 13.6. The van der Waals surface area contributed by atoms with Gasteiger partial charge >= 0.3 is 0 Å². The van der Waals surface area contributed by atoms with Crippen LogP contribution in [0.5, 0.6) is 0 Å². The van der Waals surface area contributed by atoms with Crippen molar-refractivity contribution in [3.8, 4) is 0 Å². The topological polar surface area (TPSA) is 85.8 Å². The lowest BCUT2D eigenvalue weighted by atomic mass is 10.1. The number of nitrogens with zero attached hydrogens (tertiary/aromatic N) is 3. The van der Waals surface area contributed by atoms with Gasteiger partial charge in [0.15, 0.2) is 5.16 Å². The highest BCUT2D eigenvalue weighted by Crippen LogP contribution is 2.36. The molecule has 1 amide bonds. The second-order valence-electron chi connectivity index (χ2n) is 4.46. The molecule has 1 aromatic carbocycles. The Labute approximate surface area is 114 Å². The molecule has 0 saturated carbocycles. The van der Waals surface area contributed by atoms with Gasteiger partial charge in [-0.2, -0.15) is 0 Å². The SMILES string of the molecule is Cc1nnc(Sc2cc3c(cc2N)CC(=O)N3)n1C. The van der Waals surface area contributed by atoms with Crippen molar-refractivity contribution in [2.45, 2.75) is 23.4 Å². The van der Waals surface area contributed by atoms with Crippen molar-refractivity contribution in [3.63, 3.8) is 0 Å². The largest absolute Gasteiger partial charge is 0.398 e. The van der Waals surface area contributed by atoms with Crippen molar-refractivity contribution in [2.24, 2.45) is 7.05 Å². The second-order valence-corrected chi connectivity index (χ2v) is 5.47. The summed E-state index contributed by atoms with van der Waals surface area (Å²) < 4.78 is 1.90. The van der Waals surface area contributed by atoms with Crippen molar-refractivity contribution < 1.29 is 4.79 Å². The Morgan fingerprint density at radius 1 is 1.42 bits per heavy atom. The highest BCUT2D eigenvalue weighted by molar-refractivity contribution is 7.99. The fraction of sp³-hybridized carbons (Fsp3) is 0.250. The Balaban J connectivity index is 1.96. The van der Waals surface area contributed by atoms with Crippen LogP contribution in [0.3, 0.4) is 0 Å². The Morgan fingerprint density at radius 3 is 2.89 bits per heavy atom. The minimum Gasteiger partial charge on any atom is -0.398 e. The smallest absolute Gasteiger partial charge is 0.228 e. The molecule has 3 N–H and O–H groups in total. The van der Waals surface area contributed by atoms with Crippen LogP contribution in [0.4, 0.5) is 11.4 Å². The predicted octanol–water partition coefficient (Wildman–Crippen LogP) is 1.35. The van der Waals surface area contributed by atoms with E-state index in [0.29, 0.717) is 12.1 Å². The number of hydrogen-bond acceptors (Lipinski definition) is 5. The van der Waals surface area contributed by atoms with Gasteiger partial charge in [-0.25, -0.2) is 0 Å². The van der Waals surface area contributed by atoms with E-state index in [1.165, 1.54) is 11.8 Å². The van der Waals surface area contributed by atoms with Gasteiger partial charge in [-0.1, -0.05) is 0 Å². The lowest BCUT2D eigenvalue weighted by Gasteiger charge is -2.08. The van der Waals surface area contributed by atoms with Crippen LogP contribution in [-0.4, -0.2) is 20.7 Å². The monoisotopic (exact) mass is 275 g/mol. The molecule has 2 aromatic rings. The molecule has 0 bridgehead atoms. The van der Waals surface area contributed by atoms with E-state index in [-0.39, 0.29) is 5.91 Å². The molecular weight excluding hydrogens is 262 g/mol. The summed E-state index contributed by atoms with van der Waals surface area (Å²) in [4.78, 5) is 12.2. The Morgan fingerprint density at radius 2 is 2.21 bits per heavy atom. The molecule has 0 atom stereocenters. The number of nitrogens with two attached hydrogens (primary N) is 1. The van der Waals surface area contributed by atoms with Crippen LogP contribution in [0, 0.1) is 6.92 Å². The number of nitrogens with one attached hydrogen (secondary N) is 1. The van der Waals surface area contributed by atoms with E-state index < -0.39 is 0 Å². The van der Waals surface area contributed by atoms with Gasteiger partial charge in [0.05, 0.1) is 6.42 Å². The van der Waals surface area contributed by atoms with E-state index in [2.05, 4.69) is 15.5 Å². The van der Waals surface area contributed by atoms with E-state index >= 15 is 0 Å². The number of rotatable bonds is 2. The zero-order valence-electron chi connectivity index (χ0n) is 10.6. The van der Waals surface area contributed by atoms with E-state index in [0.717, 1.165) is 27.1 Å². The number of amides is 1. The van der Waals surface area contributed by atoms with Gasteiger partial charge in [0, 0.05) is 23.3 Å². The Hall–Kier alpha value is -2.02. The normalized spacial score (nSPS) is 13.5. The molecule has 7 heteroatoms. The van der Waals surface area contributed by atoms with Gasteiger partial charge in [-0.15, -0.1) is 10.2 Å². The summed E-state index contributed by atoms with van der Waals surface area (Å²) in [6.07, 6.45) is 0.396. The number of aromatic nitrogens is 3. The average molecular weight is 275 g/mol. The predicted molar refractivity (Wildman–Crippen MR) is 73.1 cm³/mol. The molecule has 1 aliphatic heterocycles. The standard InChI is InChI=1S/C12H13N5OS/c1-6-15-16-12(17(6)2)19-10-5-9-7(3-8(10)13)4-11(18)14-9/h3,5H,4,13H2,1-2H3,(H,14,18). The summed E-state index contributed by atoms with van der Waals surface area (Å²) >= 11 is 1.44. The molecule has 0 fully saturated rings. The number of benzene rings is 1. The maximum Gasteiger partial charge on any atom is 0.228 e. The van der Waals surface area contributed by atoms with Gasteiger partial charge < -0.3 is 15.6 Å². The molecule has 98 valence electrons. The first-order chi connectivity index (χ1) is 9.04. The number of carbonyl (C=O) groups excluding carboxylic acids is 1. The number of nitrogen functional groups attached to an aromatic ring is 1. The van der Waals surface area contributed by atoms with Crippen molar-refractivity contribution in [1.82, 2.24) is 14.8 Å². The third-order valence-electron chi connectivity index (χ3n) is 3.11. The quantitative estimate of drug-likeness (QED) is 0.808. The number of carbonyl (C=O) groups is 1. The van der Waals surface area contributed by atoms with Crippen LogP contribution in [0.2, 0.25) is 0 Å². The van der Waals surface area contributed by atoms with Crippen molar-refractivity contribution in [3.05, 3.63) is 23.5 Å². The molecule has 0 radical (unpaired) electrons. The van der Waals surface area contributed by atoms with Crippen LogP contribution in [0.1, 0.15) is 11.4 Å². The van der Waals surface area contributed by atoms with E-state index in [1.807, 2.05) is 30.7 Å². The maximum atomic E-state index is 11.4. The highest BCUT2D eigenvalue weighted by Gasteiger charge is 2.20. The maximum absolute atomic E-state index is 11.4.